The highest BCUT2D eigenvalue weighted by Gasteiger charge is 2.20. The fourth-order valence-electron chi connectivity index (χ4n) is 2.47. The molecule has 1 amide bonds. The molecule has 1 saturated heterocycles. The predicted octanol–water partition coefficient (Wildman–Crippen LogP) is 1.76. The number of aromatic nitrogens is 3. The summed E-state index contributed by atoms with van der Waals surface area (Å²) in [4.78, 5) is 23.8. The van der Waals surface area contributed by atoms with E-state index in [0.29, 0.717) is 24.4 Å². The molecule has 2 aromatic rings. The fraction of sp³-hybridized carbons (Fsp3) is 0.400. The van der Waals surface area contributed by atoms with Gasteiger partial charge in [0.1, 0.15) is 11.6 Å². The van der Waals surface area contributed by atoms with Crippen molar-refractivity contribution < 1.29 is 18.3 Å². The van der Waals surface area contributed by atoms with Crippen molar-refractivity contribution in [3.8, 4) is 0 Å². The molecule has 0 saturated carbocycles. The molecule has 1 aromatic heterocycles. The largest absolute Gasteiger partial charge is 0.376 e. The number of hydrogen-bond donors (Lipinski definition) is 2. The number of hydrogen-bond acceptors (Lipinski definition) is 5. The van der Waals surface area contributed by atoms with E-state index < -0.39 is 17.5 Å². The van der Waals surface area contributed by atoms with Crippen molar-refractivity contribution in [2.24, 2.45) is 0 Å². The van der Waals surface area contributed by atoms with Crippen molar-refractivity contribution in [2.75, 3.05) is 17.7 Å². The Hall–Kier alpha value is -2.20. The summed E-state index contributed by atoms with van der Waals surface area (Å²) in [6.07, 6.45) is 1.77. The van der Waals surface area contributed by atoms with Gasteiger partial charge >= 0.3 is 5.69 Å². The number of carbonyl (C=O) groups excluding carboxylic acids is 1. The first-order valence-corrected chi connectivity index (χ1v) is 8.66. The predicted molar refractivity (Wildman–Crippen MR) is 87.5 cm³/mol. The second kappa shape index (κ2) is 7.79. The Kier molecular flexibility index (Phi) is 5.49. The number of anilines is 1. The molecule has 0 unspecified atom stereocenters. The highest BCUT2D eigenvalue weighted by Crippen LogP contribution is 2.19. The van der Waals surface area contributed by atoms with Gasteiger partial charge in [0.2, 0.25) is 5.91 Å². The van der Waals surface area contributed by atoms with Gasteiger partial charge in [-0.3, -0.25) is 9.36 Å². The van der Waals surface area contributed by atoms with Gasteiger partial charge in [0.15, 0.2) is 5.16 Å². The molecule has 0 radical (unpaired) electrons. The van der Waals surface area contributed by atoms with Gasteiger partial charge in [0, 0.05) is 12.7 Å². The minimum Gasteiger partial charge on any atom is -0.376 e. The number of amides is 1. The Morgan fingerprint density at radius 1 is 1.48 bits per heavy atom. The number of rotatable bonds is 6. The quantitative estimate of drug-likeness (QED) is 0.757. The van der Waals surface area contributed by atoms with Crippen LogP contribution in [-0.4, -0.2) is 39.1 Å². The van der Waals surface area contributed by atoms with Crippen LogP contribution in [0, 0.1) is 11.6 Å². The van der Waals surface area contributed by atoms with E-state index in [9.17, 15) is 18.4 Å². The standard InChI is InChI=1S/C15H16F2N4O3S/c16-9-3-4-12(11(17)6-9)18-13(22)8-25-15-20-19-14(23)21(15)7-10-2-1-5-24-10/h3-4,6,10H,1-2,5,7-8H2,(H,18,22)(H,19,23)/t10-/m1/s1. The van der Waals surface area contributed by atoms with Crippen LogP contribution in [0.15, 0.2) is 28.2 Å². The van der Waals surface area contributed by atoms with Gasteiger partial charge in [-0.15, -0.1) is 5.10 Å². The molecule has 0 spiro atoms. The van der Waals surface area contributed by atoms with Crippen LogP contribution in [-0.2, 0) is 16.1 Å². The molecule has 1 aliphatic heterocycles. The van der Waals surface area contributed by atoms with Gasteiger partial charge in [0.25, 0.3) is 0 Å². The van der Waals surface area contributed by atoms with Crippen LogP contribution in [0.25, 0.3) is 0 Å². The normalized spacial score (nSPS) is 17.0. The maximum atomic E-state index is 13.5. The number of halogens is 2. The minimum atomic E-state index is -0.853. The van der Waals surface area contributed by atoms with Crippen LogP contribution in [0.1, 0.15) is 12.8 Å². The highest BCUT2D eigenvalue weighted by molar-refractivity contribution is 7.99. The van der Waals surface area contributed by atoms with Crippen LogP contribution in [0.3, 0.4) is 0 Å². The third-order valence-electron chi connectivity index (χ3n) is 3.67. The molecule has 10 heteroatoms. The van der Waals surface area contributed by atoms with E-state index >= 15 is 0 Å². The van der Waals surface area contributed by atoms with Gasteiger partial charge in [-0.05, 0) is 25.0 Å². The zero-order chi connectivity index (χ0) is 17.8. The van der Waals surface area contributed by atoms with Crippen molar-refractivity contribution in [2.45, 2.75) is 30.6 Å². The Bertz CT molecular complexity index is 817. The number of nitrogens with one attached hydrogen (secondary N) is 2. The van der Waals surface area contributed by atoms with E-state index in [-0.39, 0.29) is 23.2 Å². The Morgan fingerprint density at radius 2 is 2.32 bits per heavy atom. The lowest BCUT2D eigenvalue weighted by atomic mass is 10.2. The number of H-pyrrole nitrogens is 1. The van der Waals surface area contributed by atoms with E-state index in [1.54, 1.807) is 0 Å². The van der Waals surface area contributed by atoms with E-state index in [0.717, 1.165) is 36.7 Å². The first-order chi connectivity index (χ1) is 12.0. The molecule has 1 aromatic carbocycles. The van der Waals surface area contributed by atoms with Crippen LogP contribution in [0.5, 0.6) is 0 Å². The van der Waals surface area contributed by atoms with Gasteiger partial charge in [-0.1, -0.05) is 11.8 Å². The highest BCUT2D eigenvalue weighted by atomic mass is 32.2. The summed E-state index contributed by atoms with van der Waals surface area (Å²) in [7, 11) is 0. The Balaban J connectivity index is 1.59. The molecule has 0 bridgehead atoms. The number of carbonyl (C=O) groups is 1. The molecule has 1 aliphatic rings. The zero-order valence-corrected chi connectivity index (χ0v) is 13.9. The van der Waals surface area contributed by atoms with E-state index in [1.807, 2.05) is 0 Å². The van der Waals surface area contributed by atoms with Crippen molar-refractivity contribution in [3.63, 3.8) is 0 Å². The zero-order valence-electron chi connectivity index (χ0n) is 13.1. The molecule has 2 heterocycles. The SMILES string of the molecule is O=C(CSc1n[nH]c(=O)n1C[C@H]1CCCO1)Nc1ccc(F)cc1F. The third kappa shape index (κ3) is 4.45. The van der Waals surface area contributed by atoms with Crippen molar-refractivity contribution in [1.82, 2.24) is 14.8 Å². The van der Waals surface area contributed by atoms with Crippen LogP contribution >= 0.6 is 11.8 Å². The molecule has 1 atom stereocenters. The number of benzene rings is 1. The van der Waals surface area contributed by atoms with Gasteiger partial charge in [0.05, 0.1) is 24.1 Å². The smallest absolute Gasteiger partial charge is 0.344 e. The minimum absolute atomic E-state index is 0.0446. The van der Waals surface area contributed by atoms with Crippen LogP contribution in [0.4, 0.5) is 14.5 Å². The van der Waals surface area contributed by atoms with Gasteiger partial charge in [-0.25, -0.2) is 18.7 Å². The second-order valence-electron chi connectivity index (χ2n) is 5.52. The van der Waals surface area contributed by atoms with E-state index in [4.69, 9.17) is 4.74 Å². The van der Waals surface area contributed by atoms with Gasteiger partial charge < -0.3 is 10.1 Å². The average Bonchev–Trinajstić information content (AvgIpc) is 3.20. The van der Waals surface area contributed by atoms with Crippen molar-refractivity contribution in [3.05, 3.63) is 40.3 Å². The molecular weight excluding hydrogens is 354 g/mol. The Labute approximate surface area is 145 Å². The molecule has 3 rings (SSSR count). The number of nitrogens with zero attached hydrogens (tertiary/aromatic N) is 2. The molecule has 1 fully saturated rings. The number of thioether (sulfide) groups is 1. The maximum Gasteiger partial charge on any atom is 0.344 e. The molecule has 25 heavy (non-hydrogen) atoms. The number of ether oxygens (including phenoxy) is 1. The fourth-order valence-corrected chi connectivity index (χ4v) is 3.23. The number of aromatic amines is 1. The first kappa shape index (κ1) is 17.6. The summed E-state index contributed by atoms with van der Waals surface area (Å²) < 4.78 is 33.3. The molecule has 7 nitrogen and oxygen atoms in total. The summed E-state index contributed by atoms with van der Waals surface area (Å²) in [5.74, 6) is -2.14. The summed E-state index contributed by atoms with van der Waals surface area (Å²) in [6, 6.07) is 2.89. The summed E-state index contributed by atoms with van der Waals surface area (Å²) in [5, 5.41) is 8.96. The third-order valence-corrected chi connectivity index (χ3v) is 4.65. The van der Waals surface area contributed by atoms with Crippen molar-refractivity contribution >= 4 is 23.4 Å². The van der Waals surface area contributed by atoms with Gasteiger partial charge in [-0.2, -0.15) is 0 Å². The lowest BCUT2D eigenvalue weighted by molar-refractivity contribution is -0.113. The van der Waals surface area contributed by atoms with E-state index in [2.05, 4.69) is 15.5 Å². The summed E-state index contributed by atoms with van der Waals surface area (Å²) in [6.45, 7) is 1.04. The van der Waals surface area contributed by atoms with Crippen LogP contribution < -0.4 is 11.0 Å². The molecule has 2 N–H and O–H groups in total. The topological polar surface area (TPSA) is 89.0 Å². The van der Waals surface area contributed by atoms with E-state index in [1.165, 1.54) is 4.57 Å². The Morgan fingerprint density at radius 3 is 3.04 bits per heavy atom. The summed E-state index contributed by atoms with van der Waals surface area (Å²) >= 11 is 1.04. The monoisotopic (exact) mass is 370 g/mol. The average molecular weight is 370 g/mol. The molecular formula is C15H16F2N4O3S. The van der Waals surface area contributed by atoms with Crippen molar-refractivity contribution in [1.29, 1.82) is 0 Å². The lowest BCUT2D eigenvalue weighted by Crippen LogP contribution is -2.25. The lowest BCUT2D eigenvalue weighted by Gasteiger charge is -2.11. The maximum absolute atomic E-state index is 13.5. The second-order valence-corrected chi connectivity index (χ2v) is 6.46. The molecule has 0 aliphatic carbocycles. The summed E-state index contributed by atoms with van der Waals surface area (Å²) in [5.41, 5.74) is -0.478. The van der Waals surface area contributed by atoms with Crippen LogP contribution in [0.2, 0.25) is 0 Å². The first-order valence-electron chi connectivity index (χ1n) is 7.67. The molecule has 134 valence electrons.